The van der Waals surface area contributed by atoms with Crippen molar-refractivity contribution in [2.24, 2.45) is 7.05 Å². The number of nitrogens with two attached hydrogens (primary N) is 1. The molecule has 0 aliphatic carbocycles. The number of nitrogens with zero attached hydrogens (tertiary/aromatic N) is 2. The topological polar surface area (TPSA) is 43.8 Å². The van der Waals surface area contributed by atoms with E-state index < -0.39 is 5.82 Å². The Morgan fingerprint density at radius 1 is 1.16 bits per heavy atom. The van der Waals surface area contributed by atoms with Gasteiger partial charge in [-0.2, -0.15) is 0 Å². The maximum atomic E-state index is 13.5. The van der Waals surface area contributed by atoms with Crippen molar-refractivity contribution in [3.8, 4) is 11.4 Å². The molecule has 0 aliphatic heterocycles. The molecule has 3 nitrogen and oxygen atoms in total. The van der Waals surface area contributed by atoms with E-state index in [9.17, 15) is 8.78 Å². The van der Waals surface area contributed by atoms with Gasteiger partial charge in [-0.05, 0) is 24.3 Å². The minimum absolute atomic E-state index is 0.0429. The highest BCUT2D eigenvalue weighted by Gasteiger charge is 2.14. The first-order valence-electron chi connectivity index (χ1n) is 5.74. The first kappa shape index (κ1) is 11.6. The van der Waals surface area contributed by atoms with Crippen molar-refractivity contribution >= 4 is 16.7 Å². The number of anilines is 1. The lowest BCUT2D eigenvalue weighted by molar-refractivity contribution is 0.629. The number of aromatic nitrogens is 2. The lowest BCUT2D eigenvalue weighted by Gasteiger charge is -2.06. The van der Waals surface area contributed by atoms with E-state index in [0.29, 0.717) is 16.9 Å². The predicted octanol–water partition coefficient (Wildman–Crippen LogP) is 3.10. The summed E-state index contributed by atoms with van der Waals surface area (Å²) >= 11 is 0. The molecular formula is C14H11F2N3. The molecule has 5 heteroatoms. The number of para-hydroxylation sites is 1. The van der Waals surface area contributed by atoms with E-state index in [0.717, 1.165) is 5.52 Å². The van der Waals surface area contributed by atoms with Crippen LogP contribution >= 0.6 is 0 Å². The van der Waals surface area contributed by atoms with Crippen molar-refractivity contribution in [2.45, 2.75) is 0 Å². The molecule has 96 valence electrons. The number of hydrogen-bond donors (Lipinski definition) is 1. The van der Waals surface area contributed by atoms with Crippen LogP contribution in [0.5, 0.6) is 0 Å². The molecule has 2 N–H and O–H groups in total. The Balaban J connectivity index is 2.31. The van der Waals surface area contributed by atoms with Crippen molar-refractivity contribution in [3.63, 3.8) is 0 Å². The summed E-state index contributed by atoms with van der Waals surface area (Å²) in [5, 5.41) is 0. The first-order chi connectivity index (χ1) is 9.08. The molecule has 1 heterocycles. The van der Waals surface area contributed by atoms with E-state index in [-0.39, 0.29) is 11.5 Å². The fraction of sp³-hybridized carbons (Fsp3) is 0.0714. The number of imidazole rings is 1. The summed E-state index contributed by atoms with van der Waals surface area (Å²) in [6.45, 7) is 0. The van der Waals surface area contributed by atoms with E-state index >= 15 is 0 Å². The summed E-state index contributed by atoms with van der Waals surface area (Å²) in [5.74, 6) is -0.335. The van der Waals surface area contributed by atoms with Crippen LogP contribution in [0.1, 0.15) is 0 Å². The summed E-state index contributed by atoms with van der Waals surface area (Å²) in [6, 6.07) is 8.89. The van der Waals surface area contributed by atoms with Gasteiger partial charge in [0.25, 0.3) is 0 Å². The highest BCUT2D eigenvalue weighted by molar-refractivity contribution is 5.83. The molecular weight excluding hydrogens is 248 g/mol. The molecule has 0 aliphatic rings. The van der Waals surface area contributed by atoms with E-state index in [4.69, 9.17) is 5.73 Å². The summed E-state index contributed by atoms with van der Waals surface area (Å²) in [5.41, 5.74) is 7.55. The van der Waals surface area contributed by atoms with Gasteiger partial charge in [0.1, 0.15) is 17.5 Å². The molecule has 0 saturated heterocycles. The fourth-order valence-corrected chi connectivity index (χ4v) is 2.15. The summed E-state index contributed by atoms with van der Waals surface area (Å²) in [4.78, 5) is 4.32. The third-order valence-corrected chi connectivity index (χ3v) is 3.14. The quantitative estimate of drug-likeness (QED) is 0.682. The van der Waals surface area contributed by atoms with Gasteiger partial charge in [0.2, 0.25) is 0 Å². The third kappa shape index (κ3) is 1.74. The highest BCUT2D eigenvalue weighted by atomic mass is 19.1. The van der Waals surface area contributed by atoms with Gasteiger partial charge in [0.15, 0.2) is 0 Å². The monoisotopic (exact) mass is 259 g/mol. The first-order valence-corrected chi connectivity index (χ1v) is 5.74. The second-order valence-corrected chi connectivity index (χ2v) is 4.33. The average Bonchev–Trinajstić information content (AvgIpc) is 2.69. The predicted molar refractivity (Wildman–Crippen MR) is 70.5 cm³/mol. The van der Waals surface area contributed by atoms with Gasteiger partial charge in [-0.25, -0.2) is 13.8 Å². The minimum Gasteiger partial charge on any atom is -0.396 e. The number of fused-ring (bicyclic) bond motifs is 1. The van der Waals surface area contributed by atoms with Gasteiger partial charge in [0.05, 0.1) is 16.7 Å². The zero-order chi connectivity index (χ0) is 13.6. The number of nitrogen functional groups attached to an aromatic ring is 1. The third-order valence-electron chi connectivity index (χ3n) is 3.14. The Bertz CT molecular complexity index is 778. The van der Waals surface area contributed by atoms with Gasteiger partial charge in [-0.3, -0.25) is 0 Å². The molecule has 0 unspecified atom stereocenters. The van der Waals surface area contributed by atoms with Gasteiger partial charge in [-0.1, -0.05) is 6.07 Å². The summed E-state index contributed by atoms with van der Waals surface area (Å²) in [7, 11) is 1.78. The number of benzene rings is 2. The van der Waals surface area contributed by atoms with Crippen LogP contribution in [0.15, 0.2) is 36.4 Å². The smallest absolute Gasteiger partial charge is 0.146 e. The second kappa shape index (κ2) is 4.05. The SMILES string of the molecule is Cn1c(-c2cccc(F)c2N)nc2cc(F)ccc21. The molecule has 0 atom stereocenters. The molecule has 19 heavy (non-hydrogen) atoms. The largest absolute Gasteiger partial charge is 0.396 e. The lowest BCUT2D eigenvalue weighted by Crippen LogP contribution is -1.99. The fourth-order valence-electron chi connectivity index (χ4n) is 2.15. The number of rotatable bonds is 1. The van der Waals surface area contributed by atoms with Crippen molar-refractivity contribution in [3.05, 3.63) is 48.0 Å². The highest BCUT2D eigenvalue weighted by Crippen LogP contribution is 2.29. The Kier molecular flexibility index (Phi) is 2.48. The molecule has 2 aromatic carbocycles. The van der Waals surface area contributed by atoms with Crippen LogP contribution in [-0.4, -0.2) is 9.55 Å². The number of hydrogen-bond acceptors (Lipinski definition) is 2. The zero-order valence-corrected chi connectivity index (χ0v) is 10.2. The van der Waals surface area contributed by atoms with Gasteiger partial charge in [0, 0.05) is 18.7 Å². The van der Waals surface area contributed by atoms with Crippen LogP contribution in [0, 0.1) is 11.6 Å². The molecule has 0 bridgehead atoms. The van der Waals surface area contributed by atoms with Gasteiger partial charge >= 0.3 is 0 Å². The van der Waals surface area contributed by atoms with E-state index in [1.165, 1.54) is 18.2 Å². The van der Waals surface area contributed by atoms with Crippen LogP contribution in [-0.2, 0) is 7.05 Å². The number of aryl methyl sites for hydroxylation is 1. The Labute approximate surface area is 108 Å². The normalized spacial score (nSPS) is 11.1. The Hall–Kier alpha value is -2.43. The molecule has 0 amide bonds. The molecule has 0 fully saturated rings. The van der Waals surface area contributed by atoms with Crippen LogP contribution in [0.4, 0.5) is 14.5 Å². The second-order valence-electron chi connectivity index (χ2n) is 4.33. The maximum Gasteiger partial charge on any atom is 0.146 e. The zero-order valence-electron chi connectivity index (χ0n) is 10.2. The van der Waals surface area contributed by atoms with Crippen molar-refractivity contribution in [2.75, 3.05) is 5.73 Å². The molecule has 0 radical (unpaired) electrons. The Morgan fingerprint density at radius 3 is 2.74 bits per heavy atom. The molecule has 0 saturated carbocycles. The van der Waals surface area contributed by atoms with Crippen LogP contribution in [0.2, 0.25) is 0 Å². The van der Waals surface area contributed by atoms with Crippen molar-refractivity contribution < 1.29 is 8.78 Å². The molecule has 1 aromatic heterocycles. The standard InChI is InChI=1S/C14H11F2N3/c1-19-12-6-5-8(15)7-11(12)18-14(19)9-3-2-4-10(16)13(9)17/h2-7H,17H2,1H3. The van der Waals surface area contributed by atoms with Crippen molar-refractivity contribution in [1.29, 1.82) is 0 Å². The average molecular weight is 259 g/mol. The van der Waals surface area contributed by atoms with E-state index in [2.05, 4.69) is 4.98 Å². The van der Waals surface area contributed by atoms with Gasteiger partial charge < -0.3 is 10.3 Å². The lowest BCUT2D eigenvalue weighted by atomic mass is 10.1. The van der Waals surface area contributed by atoms with E-state index in [1.807, 2.05) is 0 Å². The summed E-state index contributed by atoms with van der Waals surface area (Å²) in [6.07, 6.45) is 0. The maximum absolute atomic E-state index is 13.5. The van der Waals surface area contributed by atoms with Crippen molar-refractivity contribution in [1.82, 2.24) is 9.55 Å². The van der Waals surface area contributed by atoms with Crippen LogP contribution in [0.3, 0.4) is 0 Å². The van der Waals surface area contributed by atoms with Crippen LogP contribution in [0.25, 0.3) is 22.4 Å². The van der Waals surface area contributed by atoms with Gasteiger partial charge in [-0.15, -0.1) is 0 Å². The molecule has 3 rings (SSSR count). The minimum atomic E-state index is -0.490. The molecule has 3 aromatic rings. The number of halogens is 2. The van der Waals surface area contributed by atoms with E-state index in [1.54, 1.807) is 29.8 Å². The van der Waals surface area contributed by atoms with Crippen LogP contribution < -0.4 is 5.73 Å². The summed E-state index contributed by atoms with van der Waals surface area (Å²) < 4.78 is 28.4. The Morgan fingerprint density at radius 2 is 1.95 bits per heavy atom. The molecule has 0 spiro atoms.